The fourth-order valence-corrected chi connectivity index (χ4v) is 1.63. The summed E-state index contributed by atoms with van der Waals surface area (Å²) in [5, 5.41) is 18.0. The second kappa shape index (κ2) is 5.01. The van der Waals surface area contributed by atoms with Gasteiger partial charge in [-0.25, -0.2) is 0 Å². The lowest BCUT2D eigenvalue weighted by molar-refractivity contribution is -0.138. The van der Waals surface area contributed by atoms with Gasteiger partial charge in [-0.15, -0.1) is 0 Å². The molecule has 1 aromatic heterocycles. The van der Waals surface area contributed by atoms with Crippen molar-refractivity contribution in [3.8, 4) is 0 Å². The normalized spacial score (nSPS) is 12.6. The first-order valence-electron chi connectivity index (χ1n) is 5.59. The van der Waals surface area contributed by atoms with Crippen LogP contribution in [0.4, 0.5) is 13.2 Å². The zero-order chi connectivity index (χ0) is 15.0. The molecule has 0 fully saturated rings. The maximum absolute atomic E-state index is 12.7. The van der Waals surface area contributed by atoms with Gasteiger partial charge in [0.05, 0.1) is 0 Å². The Hall–Kier alpha value is -1.28. The van der Waals surface area contributed by atoms with Crippen LogP contribution in [0.25, 0.3) is 0 Å². The molecular formula is C11H15BF3NO3. The molecule has 0 saturated carbocycles. The predicted molar refractivity (Wildman–Crippen MR) is 65.0 cm³/mol. The Morgan fingerprint density at radius 2 is 1.79 bits per heavy atom. The van der Waals surface area contributed by atoms with Crippen LogP contribution in [0.3, 0.4) is 0 Å². The maximum Gasteiger partial charge on any atom is 0.489 e. The van der Waals surface area contributed by atoms with Gasteiger partial charge >= 0.3 is 13.3 Å². The molecule has 19 heavy (non-hydrogen) atoms. The van der Waals surface area contributed by atoms with E-state index in [-0.39, 0.29) is 12.0 Å². The first kappa shape index (κ1) is 15.8. The third kappa shape index (κ3) is 4.10. The topological polar surface area (TPSA) is 62.5 Å². The van der Waals surface area contributed by atoms with E-state index >= 15 is 0 Å². The van der Waals surface area contributed by atoms with Gasteiger partial charge in [0.25, 0.3) is 5.56 Å². The van der Waals surface area contributed by atoms with E-state index in [1.165, 1.54) is 0 Å². The molecule has 2 N–H and O–H groups in total. The molecule has 4 nitrogen and oxygen atoms in total. The smallest absolute Gasteiger partial charge is 0.423 e. The lowest BCUT2D eigenvalue weighted by atomic mass is 9.80. The number of aromatic nitrogens is 1. The van der Waals surface area contributed by atoms with Crippen LogP contribution >= 0.6 is 0 Å². The van der Waals surface area contributed by atoms with Gasteiger partial charge < -0.3 is 14.6 Å². The van der Waals surface area contributed by atoms with Crippen molar-refractivity contribution in [1.29, 1.82) is 0 Å². The van der Waals surface area contributed by atoms with Gasteiger partial charge in [-0.2, -0.15) is 13.2 Å². The van der Waals surface area contributed by atoms with Crippen molar-refractivity contribution in [2.24, 2.45) is 5.41 Å². The molecule has 0 aliphatic heterocycles. The van der Waals surface area contributed by atoms with Gasteiger partial charge in [0, 0.05) is 12.7 Å². The Morgan fingerprint density at radius 3 is 2.16 bits per heavy atom. The van der Waals surface area contributed by atoms with E-state index in [0.29, 0.717) is 6.07 Å². The third-order valence-corrected chi connectivity index (χ3v) is 2.36. The van der Waals surface area contributed by atoms with Gasteiger partial charge in [0.1, 0.15) is 5.56 Å². The van der Waals surface area contributed by atoms with E-state index in [0.717, 1.165) is 10.8 Å². The number of pyridine rings is 1. The van der Waals surface area contributed by atoms with Gasteiger partial charge in [-0.3, -0.25) is 4.79 Å². The maximum atomic E-state index is 12.7. The van der Waals surface area contributed by atoms with Crippen LogP contribution in [-0.4, -0.2) is 21.7 Å². The van der Waals surface area contributed by atoms with Crippen LogP contribution in [-0.2, 0) is 12.7 Å². The molecule has 8 heteroatoms. The summed E-state index contributed by atoms with van der Waals surface area (Å²) < 4.78 is 39.0. The lowest BCUT2D eigenvalue weighted by Gasteiger charge is -2.21. The summed E-state index contributed by atoms with van der Waals surface area (Å²) >= 11 is 0. The molecule has 0 unspecified atom stereocenters. The molecule has 1 aromatic rings. The van der Waals surface area contributed by atoms with Gasteiger partial charge in [-0.05, 0) is 16.9 Å². The summed E-state index contributed by atoms with van der Waals surface area (Å²) in [7, 11) is -2.06. The molecule has 0 spiro atoms. The fraction of sp³-hybridized carbons (Fsp3) is 0.545. The number of alkyl halides is 3. The predicted octanol–water partition coefficient (Wildman–Crippen LogP) is 0.593. The van der Waals surface area contributed by atoms with Crippen molar-refractivity contribution < 1.29 is 23.2 Å². The average molecular weight is 277 g/mol. The first-order chi connectivity index (χ1) is 8.42. The van der Waals surface area contributed by atoms with E-state index in [1.54, 1.807) is 20.8 Å². The van der Waals surface area contributed by atoms with Crippen molar-refractivity contribution in [3.05, 3.63) is 28.2 Å². The highest BCUT2D eigenvalue weighted by atomic mass is 19.4. The first-order valence-corrected chi connectivity index (χ1v) is 5.59. The number of hydrogen-bond acceptors (Lipinski definition) is 3. The van der Waals surface area contributed by atoms with E-state index in [2.05, 4.69) is 0 Å². The summed E-state index contributed by atoms with van der Waals surface area (Å²) in [4.78, 5) is 11.7. The zero-order valence-electron chi connectivity index (χ0n) is 10.8. The molecule has 0 saturated heterocycles. The molecule has 0 bridgehead atoms. The van der Waals surface area contributed by atoms with Gasteiger partial charge in [-0.1, -0.05) is 20.8 Å². The van der Waals surface area contributed by atoms with Crippen molar-refractivity contribution in [1.82, 2.24) is 4.57 Å². The van der Waals surface area contributed by atoms with Crippen molar-refractivity contribution >= 4 is 12.6 Å². The Morgan fingerprint density at radius 1 is 1.26 bits per heavy atom. The van der Waals surface area contributed by atoms with Crippen LogP contribution in [0.2, 0.25) is 0 Å². The Bertz CT molecular complexity index is 517. The van der Waals surface area contributed by atoms with Crippen LogP contribution in [0.5, 0.6) is 0 Å². The molecule has 106 valence electrons. The number of rotatable bonds is 2. The molecule has 1 heterocycles. The summed E-state index contributed by atoms with van der Waals surface area (Å²) in [5.74, 6) is 0. The molecular weight excluding hydrogens is 262 g/mol. The summed E-state index contributed by atoms with van der Waals surface area (Å²) in [6.45, 7) is 5.31. The fourth-order valence-electron chi connectivity index (χ4n) is 1.63. The quantitative estimate of drug-likeness (QED) is 0.778. The highest BCUT2D eigenvalue weighted by Gasteiger charge is 2.36. The largest absolute Gasteiger partial charge is 0.489 e. The minimum Gasteiger partial charge on any atom is -0.423 e. The number of halogens is 3. The summed E-state index contributed by atoms with van der Waals surface area (Å²) in [5.41, 5.74) is -3.38. The minimum absolute atomic E-state index is 0.0372. The lowest BCUT2D eigenvalue weighted by Crippen LogP contribution is -2.40. The van der Waals surface area contributed by atoms with Crippen LogP contribution in [0, 0.1) is 5.41 Å². The van der Waals surface area contributed by atoms with Gasteiger partial charge in [0.15, 0.2) is 0 Å². The molecule has 1 rings (SSSR count). The van der Waals surface area contributed by atoms with Crippen LogP contribution < -0.4 is 11.0 Å². The molecule has 0 aliphatic carbocycles. The minimum atomic E-state index is -4.83. The van der Waals surface area contributed by atoms with Crippen molar-refractivity contribution in [3.63, 3.8) is 0 Å². The van der Waals surface area contributed by atoms with Gasteiger partial charge in [0.2, 0.25) is 0 Å². The molecule has 0 atom stereocenters. The van der Waals surface area contributed by atoms with Crippen molar-refractivity contribution in [2.75, 3.05) is 0 Å². The monoisotopic (exact) mass is 277 g/mol. The SMILES string of the molecule is CC(C)(C)Cn1cc(B(O)O)cc(C(F)(F)F)c1=O. The summed E-state index contributed by atoms with van der Waals surface area (Å²) in [6.07, 6.45) is -3.80. The molecule has 0 amide bonds. The second-order valence-electron chi connectivity index (χ2n) is 5.55. The van der Waals surface area contributed by atoms with E-state index in [4.69, 9.17) is 10.0 Å². The Balaban J connectivity index is 3.47. The molecule has 0 radical (unpaired) electrons. The Labute approximate surface area is 108 Å². The molecule has 0 aliphatic rings. The standard InChI is InChI=1S/C11H15BF3NO3/c1-10(2,3)6-16-5-7(12(18)19)4-8(9(16)17)11(13,14)15/h4-5,18-19H,6H2,1-3H3. The van der Waals surface area contributed by atoms with E-state index < -0.39 is 29.8 Å². The highest BCUT2D eigenvalue weighted by Crippen LogP contribution is 2.26. The zero-order valence-corrected chi connectivity index (χ0v) is 10.8. The third-order valence-electron chi connectivity index (χ3n) is 2.36. The second-order valence-corrected chi connectivity index (χ2v) is 5.55. The Kier molecular flexibility index (Phi) is 4.16. The van der Waals surface area contributed by atoms with E-state index in [9.17, 15) is 18.0 Å². The number of hydrogen-bond donors (Lipinski definition) is 2. The average Bonchev–Trinajstić information content (AvgIpc) is 2.16. The van der Waals surface area contributed by atoms with Crippen molar-refractivity contribution in [2.45, 2.75) is 33.5 Å². The van der Waals surface area contributed by atoms with Crippen LogP contribution in [0.1, 0.15) is 26.3 Å². The summed E-state index contributed by atoms with van der Waals surface area (Å²) in [6, 6.07) is 0.464. The molecule has 0 aromatic carbocycles. The number of nitrogens with zero attached hydrogens (tertiary/aromatic N) is 1. The highest BCUT2D eigenvalue weighted by molar-refractivity contribution is 6.58. The van der Waals surface area contributed by atoms with E-state index in [1.807, 2.05) is 0 Å². The van der Waals surface area contributed by atoms with Crippen LogP contribution in [0.15, 0.2) is 17.1 Å².